The van der Waals surface area contributed by atoms with Crippen LogP contribution in [-0.2, 0) is 4.74 Å². The second-order valence-electron chi connectivity index (χ2n) is 7.60. The quantitative estimate of drug-likeness (QED) is 0.888. The Morgan fingerprint density at radius 2 is 2.19 bits per heavy atom. The monoisotopic (exact) mass is 352 g/mol. The highest BCUT2D eigenvalue weighted by Gasteiger charge is 2.35. The molecule has 6 heteroatoms. The highest BCUT2D eigenvalue weighted by Crippen LogP contribution is 2.29. The predicted octanol–water partition coefficient (Wildman–Crippen LogP) is 2.19. The molecule has 1 amide bonds. The summed E-state index contributed by atoms with van der Waals surface area (Å²) >= 11 is 0. The molecule has 0 spiro atoms. The van der Waals surface area contributed by atoms with E-state index in [9.17, 15) is 4.79 Å². The van der Waals surface area contributed by atoms with Crippen LogP contribution in [0.3, 0.4) is 0 Å². The number of H-pyrrole nitrogens is 1. The van der Waals surface area contributed by atoms with E-state index in [4.69, 9.17) is 4.74 Å². The minimum Gasteiger partial charge on any atom is -0.377 e. The third kappa shape index (κ3) is 2.83. The summed E-state index contributed by atoms with van der Waals surface area (Å²) in [5, 5.41) is 11.5. The molecule has 1 atom stereocenters. The summed E-state index contributed by atoms with van der Waals surface area (Å²) in [7, 11) is 0. The minimum atomic E-state index is -0.0619. The molecule has 4 aliphatic rings. The number of nitrogens with zero attached hydrogens (tertiary/aromatic N) is 2. The lowest BCUT2D eigenvalue weighted by atomic mass is 9.84. The minimum absolute atomic E-state index is 0.0619. The lowest BCUT2D eigenvalue weighted by Gasteiger charge is -2.44. The average molecular weight is 352 g/mol. The maximum Gasteiger partial charge on any atom is 0.272 e. The Kier molecular flexibility index (Phi) is 4.02. The molecular weight excluding hydrogens is 328 g/mol. The van der Waals surface area contributed by atoms with Crippen LogP contribution in [0.2, 0.25) is 0 Å². The molecule has 5 heterocycles. The number of carbonyl (C=O) groups excluding carboxylic acids is 1. The normalized spacial score (nSPS) is 28.2. The summed E-state index contributed by atoms with van der Waals surface area (Å²) < 4.78 is 5.40. The van der Waals surface area contributed by atoms with Gasteiger partial charge in [-0.15, -0.1) is 0 Å². The lowest BCUT2D eigenvalue weighted by Crippen LogP contribution is -2.57. The maximum atomic E-state index is 12.9. The molecule has 2 bridgehead atoms. The van der Waals surface area contributed by atoms with Crippen molar-refractivity contribution in [2.24, 2.45) is 5.92 Å². The van der Waals surface area contributed by atoms with E-state index in [0.29, 0.717) is 18.2 Å². The number of amides is 1. The Morgan fingerprint density at radius 1 is 1.31 bits per heavy atom. The number of nitrogens with one attached hydrogen (secondary N) is 2. The Bertz CT molecular complexity index is 864. The molecule has 0 saturated carbocycles. The molecule has 0 radical (unpaired) electrons. The second-order valence-corrected chi connectivity index (χ2v) is 7.60. The van der Waals surface area contributed by atoms with Crippen molar-refractivity contribution < 1.29 is 9.53 Å². The number of carbonyl (C=O) groups is 1. The second kappa shape index (κ2) is 6.52. The van der Waals surface area contributed by atoms with Crippen LogP contribution in [0.15, 0.2) is 24.3 Å². The van der Waals surface area contributed by atoms with Crippen molar-refractivity contribution in [2.45, 2.75) is 25.3 Å². The third-order valence-electron chi connectivity index (χ3n) is 6.08. The van der Waals surface area contributed by atoms with Gasteiger partial charge in [-0.05, 0) is 61.5 Å². The van der Waals surface area contributed by atoms with E-state index in [1.54, 1.807) is 0 Å². The summed E-state index contributed by atoms with van der Waals surface area (Å²) in [6.45, 7) is 4.72. The fourth-order valence-corrected chi connectivity index (χ4v) is 4.54. The molecule has 136 valence electrons. The number of aromatic nitrogens is 2. The number of benzene rings is 1. The summed E-state index contributed by atoms with van der Waals surface area (Å²) in [5.41, 5.74) is 3.84. The fraction of sp³-hybridized carbons (Fsp3) is 0.500. The first kappa shape index (κ1) is 16.0. The van der Waals surface area contributed by atoms with E-state index < -0.39 is 0 Å². The largest absolute Gasteiger partial charge is 0.377 e. The molecule has 6 rings (SSSR count). The van der Waals surface area contributed by atoms with Gasteiger partial charge < -0.3 is 15.0 Å². The van der Waals surface area contributed by atoms with Crippen LogP contribution in [0, 0.1) is 5.92 Å². The van der Waals surface area contributed by atoms with Gasteiger partial charge in [0.1, 0.15) is 0 Å². The van der Waals surface area contributed by atoms with E-state index in [2.05, 4.69) is 38.6 Å². The van der Waals surface area contributed by atoms with Gasteiger partial charge in [0, 0.05) is 18.0 Å². The summed E-state index contributed by atoms with van der Waals surface area (Å²) in [6.07, 6.45) is 5.40. The number of ether oxygens (including phenoxy) is 1. The molecule has 6 nitrogen and oxygen atoms in total. The van der Waals surface area contributed by atoms with Crippen LogP contribution in [0.25, 0.3) is 16.5 Å². The van der Waals surface area contributed by atoms with Crippen LogP contribution in [-0.4, -0.2) is 59.9 Å². The van der Waals surface area contributed by atoms with Crippen LogP contribution in [0.4, 0.5) is 0 Å². The zero-order chi connectivity index (χ0) is 17.5. The van der Waals surface area contributed by atoms with Gasteiger partial charge in [0.05, 0.1) is 18.7 Å². The lowest BCUT2D eigenvalue weighted by molar-refractivity contribution is 0.0618. The van der Waals surface area contributed by atoms with Gasteiger partial charge in [0.15, 0.2) is 5.69 Å². The first-order chi connectivity index (χ1) is 12.8. The molecule has 1 aromatic heterocycles. The highest BCUT2D eigenvalue weighted by atomic mass is 16.5. The molecule has 0 unspecified atom stereocenters. The Balaban J connectivity index is 1.41. The Labute approximate surface area is 152 Å². The van der Waals surface area contributed by atoms with Gasteiger partial charge in [-0.3, -0.25) is 9.89 Å². The molecular formula is C20H24N4O2. The Hall–Kier alpha value is -2.18. The number of aromatic amines is 1. The average Bonchev–Trinajstić information content (AvgIpc) is 3.13. The van der Waals surface area contributed by atoms with Gasteiger partial charge in [0.2, 0.25) is 0 Å². The number of rotatable bonds is 3. The smallest absolute Gasteiger partial charge is 0.272 e. The van der Waals surface area contributed by atoms with Gasteiger partial charge in [-0.1, -0.05) is 12.1 Å². The fourth-order valence-electron chi connectivity index (χ4n) is 4.54. The first-order valence-electron chi connectivity index (χ1n) is 9.56. The van der Waals surface area contributed by atoms with Gasteiger partial charge in [-0.25, -0.2) is 0 Å². The van der Waals surface area contributed by atoms with E-state index >= 15 is 0 Å². The van der Waals surface area contributed by atoms with E-state index in [0.717, 1.165) is 36.0 Å². The van der Waals surface area contributed by atoms with Crippen molar-refractivity contribution in [3.63, 3.8) is 0 Å². The highest BCUT2D eigenvalue weighted by molar-refractivity contribution is 6.05. The third-order valence-corrected chi connectivity index (χ3v) is 6.08. The molecule has 3 fully saturated rings. The summed E-state index contributed by atoms with van der Waals surface area (Å²) in [5.74, 6) is 0.546. The van der Waals surface area contributed by atoms with Crippen molar-refractivity contribution in [3.05, 3.63) is 35.5 Å². The zero-order valence-electron chi connectivity index (χ0n) is 14.8. The van der Waals surface area contributed by atoms with Crippen molar-refractivity contribution in [1.29, 1.82) is 0 Å². The Morgan fingerprint density at radius 3 is 2.92 bits per heavy atom. The topological polar surface area (TPSA) is 70.2 Å². The molecule has 2 aromatic rings. The number of hydrogen-bond donors (Lipinski definition) is 2. The van der Waals surface area contributed by atoms with E-state index in [1.807, 2.05) is 6.07 Å². The van der Waals surface area contributed by atoms with E-state index in [-0.39, 0.29) is 11.9 Å². The van der Waals surface area contributed by atoms with Crippen molar-refractivity contribution in [3.8, 4) is 0 Å². The molecule has 2 N–H and O–H groups in total. The van der Waals surface area contributed by atoms with Crippen molar-refractivity contribution in [1.82, 2.24) is 20.4 Å². The number of hydrogen-bond acceptors (Lipinski definition) is 4. The number of piperidine rings is 3. The van der Waals surface area contributed by atoms with Gasteiger partial charge in [0.25, 0.3) is 5.91 Å². The standard InChI is InChI=1S/C20H24N4O2/c25-20(21-18-12-24-7-3-14(18)4-8-24)19-16-11-15(1-2-17(16)22-23-19)13-5-9-26-10-6-13/h1-2,5,11,14,18H,3-4,6-10,12H2,(H,21,25)(H,22,23)/t18-/m1/s1. The molecule has 4 aliphatic heterocycles. The van der Waals surface area contributed by atoms with E-state index in [1.165, 1.54) is 31.5 Å². The summed E-state index contributed by atoms with van der Waals surface area (Å²) in [6, 6.07) is 6.44. The van der Waals surface area contributed by atoms with Crippen molar-refractivity contribution in [2.75, 3.05) is 32.8 Å². The first-order valence-corrected chi connectivity index (χ1v) is 9.56. The van der Waals surface area contributed by atoms with Gasteiger partial charge >= 0.3 is 0 Å². The van der Waals surface area contributed by atoms with Crippen LogP contribution < -0.4 is 5.32 Å². The SMILES string of the molecule is O=C(N[C@@H]1CN2CCC1CC2)c1n[nH]c2ccc(C3=CCOCC3)cc12. The maximum absolute atomic E-state index is 12.9. The van der Waals surface area contributed by atoms with Gasteiger partial charge in [-0.2, -0.15) is 5.10 Å². The number of fused-ring (bicyclic) bond motifs is 4. The van der Waals surface area contributed by atoms with Crippen LogP contribution >= 0.6 is 0 Å². The zero-order valence-corrected chi connectivity index (χ0v) is 14.8. The molecule has 3 saturated heterocycles. The molecule has 0 aliphatic carbocycles. The van der Waals surface area contributed by atoms with Crippen LogP contribution in [0.1, 0.15) is 35.3 Å². The molecule has 1 aromatic carbocycles. The predicted molar refractivity (Wildman–Crippen MR) is 99.9 cm³/mol. The summed E-state index contributed by atoms with van der Waals surface area (Å²) in [4.78, 5) is 15.4. The molecule has 26 heavy (non-hydrogen) atoms. The van der Waals surface area contributed by atoms with Crippen molar-refractivity contribution >= 4 is 22.4 Å². The van der Waals surface area contributed by atoms with Crippen LogP contribution in [0.5, 0.6) is 0 Å².